The normalized spacial score (nSPS) is 12.0. The molecule has 0 saturated heterocycles. The topological polar surface area (TPSA) is 36.9 Å². The molecule has 0 radical (unpaired) electrons. The predicted molar refractivity (Wildman–Crippen MR) is 104 cm³/mol. The molecule has 140 valence electrons. The second-order valence-electron chi connectivity index (χ2n) is 5.01. The van der Waals surface area contributed by atoms with Crippen LogP contribution in [0.2, 0.25) is 0 Å². The summed E-state index contributed by atoms with van der Waals surface area (Å²) in [5.74, 6) is 0.764. The maximum atomic E-state index is 11.9. The fourth-order valence-electron chi connectivity index (χ4n) is 1.85. The van der Waals surface area contributed by atoms with Crippen LogP contribution in [0.3, 0.4) is 0 Å². The van der Waals surface area contributed by atoms with Crippen LogP contribution >= 0.6 is 35.3 Å². The maximum Gasteiger partial charge on any atom is 0.411 e. The lowest BCUT2D eigenvalue weighted by molar-refractivity contribution is -0.173. The molecule has 9 heteroatoms. The standard InChI is InChI=1S/C15H24F3N3OS.HI/c1-3-19-14(20-8-5-10-22-12-15(16,17)18)21(2)9-7-13-6-4-11-23-13;/h4,6,11H,3,5,7-10,12H2,1-2H3,(H,19,20);1H. The highest BCUT2D eigenvalue weighted by Gasteiger charge is 2.27. The van der Waals surface area contributed by atoms with E-state index in [-0.39, 0.29) is 30.6 Å². The number of likely N-dealkylation sites (N-methyl/N-ethyl adjacent to an activating group) is 1. The molecule has 1 heterocycles. The van der Waals surface area contributed by atoms with Crippen molar-refractivity contribution in [2.45, 2.75) is 25.9 Å². The van der Waals surface area contributed by atoms with Gasteiger partial charge >= 0.3 is 6.18 Å². The maximum absolute atomic E-state index is 11.9. The van der Waals surface area contributed by atoms with Gasteiger partial charge in [0.25, 0.3) is 0 Å². The molecule has 1 aromatic rings. The molecular weight excluding hydrogens is 454 g/mol. The molecule has 1 N–H and O–H groups in total. The Morgan fingerprint density at radius 3 is 2.75 bits per heavy atom. The van der Waals surface area contributed by atoms with E-state index in [9.17, 15) is 13.2 Å². The van der Waals surface area contributed by atoms with Gasteiger partial charge < -0.3 is 15.0 Å². The quantitative estimate of drug-likeness (QED) is 0.254. The number of rotatable bonds is 9. The van der Waals surface area contributed by atoms with Crippen LogP contribution in [0.15, 0.2) is 22.5 Å². The molecule has 0 aromatic carbocycles. The van der Waals surface area contributed by atoms with E-state index < -0.39 is 12.8 Å². The minimum atomic E-state index is -4.26. The lowest BCUT2D eigenvalue weighted by Crippen LogP contribution is -2.40. The van der Waals surface area contributed by atoms with Crippen LogP contribution in [0, 0.1) is 0 Å². The average molecular weight is 479 g/mol. The van der Waals surface area contributed by atoms with Crippen molar-refractivity contribution in [1.82, 2.24) is 10.2 Å². The van der Waals surface area contributed by atoms with Crippen LogP contribution in [-0.4, -0.2) is 56.9 Å². The van der Waals surface area contributed by atoms with Crippen molar-refractivity contribution < 1.29 is 17.9 Å². The fourth-order valence-corrected chi connectivity index (χ4v) is 2.55. The van der Waals surface area contributed by atoms with Crippen LogP contribution in [0.1, 0.15) is 18.2 Å². The number of guanidine groups is 1. The molecule has 0 bridgehead atoms. The molecule has 0 unspecified atom stereocenters. The Labute approximate surface area is 162 Å². The van der Waals surface area contributed by atoms with Crippen LogP contribution in [0.4, 0.5) is 13.2 Å². The van der Waals surface area contributed by atoms with Gasteiger partial charge in [-0.3, -0.25) is 4.99 Å². The summed E-state index contributed by atoms with van der Waals surface area (Å²) in [6.07, 6.45) is -2.86. The Bertz CT molecular complexity index is 455. The average Bonchev–Trinajstić information content (AvgIpc) is 2.99. The van der Waals surface area contributed by atoms with Gasteiger partial charge in [-0.15, -0.1) is 35.3 Å². The van der Waals surface area contributed by atoms with E-state index in [1.807, 2.05) is 24.9 Å². The van der Waals surface area contributed by atoms with Crippen LogP contribution < -0.4 is 5.32 Å². The van der Waals surface area contributed by atoms with E-state index in [0.717, 1.165) is 25.5 Å². The highest BCUT2D eigenvalue weighted by Crippen LogP contribution is 2.14. The summed E-state index contributed by atoms with van der Waals surface area (Å²) >= 11 is 1.72. The van der Waals surface area contributed by atoms with Gasteiger partial charge in [0.05, 0.1) is 0 Å². The van der Waals surface area contributed by atoms with Gasteiger partial charge in [0.1, 0.15) is 6.61 Å². The lowest BCUT2D eigenvalue weighted by atomic mass is 10.3. The molecule has 0 spiro atoms. The molecule has 4 nitrogen and oxygen atoms in total. The van der Waals surface area contributed by atoms with Gasteiger partial charge in [-0.2, -0.15) is 13.2 Å². The Morgan fingerprint density at radius 1 is 1.42 bits per heavy atom. The van der Waals surface area contributed by atoms with Crippen molar-refractivity contribution in [1.29, 1.82) is 0 Å². The zero-order valence-electron chi connectivity index (χ0n) is 13.9. The van der Waals surface area contributed by atoms with Gasteiger partial charge in [-0.05, 0) is 31.2 Å². The summed E-state index contributed by atoms with van der Waals surface area (Å²) in [7, 11) is 1.95. The van der Waals surface area contributed by atoms with E-state index in [4.69, 9.17) is 0 Å². The van der Waals surface area contributed by atoms with Gasteiger partial charge in [0.15, 0.2) is 5.96 Å². The minimum absolute atomic E-state index is 0. The van der Waals surface area contributed by atoms with Crippen molar-refractivity contribution in [2.75, 3.05) is 39.9 Å². The number of nitrogens with zero attached hydrogens (tertiary/aromatic N) is 2. The smallest absolute Gasteiger partial charge is 0.372 e. The van der Waals surface area contributed by atoms with E-state index in [0.29, 0.717) is 13.0 Å². The van der Waals surface area contributed by atoms with Gasteiger partial charge in [0.2, 0.25) is 0 Å². The molecule has 0 aliphatic heterocycles. The largest absolute Gasteiger partial charge is 0.411 e. The Hall–Kier alpha value is -0.550. The summed E-state index contributed by atoms with van der Waals surface area (Å²) in [5, 5.41) is 5.24. The van der Waals surface area contributed by atoms with E-state index >= 15 is 0 Å². The first kappa shape index (κ1) is 23.4. The molecule has 0 atom stereocenters. The van der Waals surface area contributed by atoms with Crippen LogP contribution in [0.25, 0.3) is 0 Å². The van der Waals surface area contributed by atoms with Gasteiger partial charge in [-0.1, -0.05) is 6.07 Å². The van der Waals surface area contributed by atoms with Crippen molar-refractivity contribution in [3.05, 3.63) is 22.4 Å². The molecule has 1 aromatic heterocycles. The third-order valence-electron chi connectivity index (χ3n) is 2.94. The third-order valence-corrected chi connectivity index (χ3v) is 3.88. The number of hydrogen-bond acceptors (Lipinski definition) is 3. The van der Waals surface area contributed by atoms with Crippen molar-refractivity contribution >= 4 is 41.3 Å². The monoisotopic (exact) mass is 479 g/mol. The summed E-state index contributed by atoms with van der Waals surface area (Å²) in [6, 6.07) is 4.13. The van der Waals surface area contributed by atoms with E-state index in [2.05, 4.69) is 26.5 Å². The van der Waals surface area contributed by atoms with E-state index in [1.54, 1.807) is 11.3 Å². The lowest BCUT2D eigenvalue weighted by Gasteiger charge is -2.21. The molecule has 0 aliphatic carbocycles. The van der Waals surface area contributed by atoms with Crippen molar-refractivity contribution in [2.24, 2.45) is 4.99 Å². The predicted octanol–water partition coefficient (Wildman–Crippen LogP) is 3.77. The van der Waals surface area contributed by atoms with Crippen molar-refractivity contribution in [3.63, 3.8) is 0 Å². The second kappa shape index (κ2) is 12.8. The summed E-state index contributed by atoms with van der Waals surface area (Å²) in [6.45, 7) is 2.85. The Balaban J connectivity index is 0.00000529. The number of hydrogen-bond donors (Lipinski definition) is 1. The molecule has 0 aliphatic rings. The summed E-state index contributed by atoms with van der Waals surface area (Å²) in [4.78, 5) is 7.76. The molecule has 24 heavy (non-hydrogen) atoms. The zero-order valence-corrected chi connectivity index (χ0v) is 17.1. The number of aliphatic imine (C=N–C) groups is 1. The molecule has 0 amide bonds. The molecule has 0 fully saturated rings. The van der Waals surface area contributed by atoms with Gasteiger partial charge in [0, 0.05) is 38.2 Å². The first-order valence-electron chi connectivity index (χ1n) is 7.58. The second-order valence-corrected chi connectivity index (χ2v) is 6.04. The number of thiophene rings is 1. The number of halogens is 4. The fraction of sp³-hybridized carbons (Fsp3) is 0.667. The Kier molecular flexibility index (Phi) is 12.5. The number of nitrogens with one attached hydrogen (secondary N) is 1. The first-order valence-corrected chi connectivity index (χ1v) is 8.46. The van der Waals surface area contributed by atoms with Gasteiger partial charge in [-0.25, -0.2) is 0 Å². The Morgan fingerprint density at radius 2 is 2.17 bits per heavy atom. The third kappa shape index (κ3) is 11.1. The highest BCUT2D eigenvalue weighted by atomic mass is 127. The summed E-state index contributed by atoms with van der Waals surface area (Å²) < 4.78 is 40.4. The minimum Gasteiger partial charge on any atom is -0.372 e. The van der Waals surface area contributed by atoms with Crippen LogP contribution in [0.5, 0.6) is 0 Å². The van der Waals surface area contributed by atoms with E-state index in [1.165, 1.54) is 4.88 Å². The van der Waals surface area contributed by atoms with Crippen LogP contribution in [-0.2, 0) is 11.2 Å². The summed E-state index contributed by atoms with van der Waals surface area (Å²) in [5.41, 5.74) is 0. The van der Waals surface area contributed by atoms with Crippen molar-refractivity contribution in [3.8, 4) is 0 Å². The molecule has 1 rings (SSSR count). The SMILES string of the molecule is CCNC(=NCCCOCC(F)(F)F)N(C)CCc1cccs1.I. The highest BCUT2D eigenvalue weighted by molar-refractivity contribution is 14.0. The molecular formula is C15H25F3IN3OS. The first-order chi connectivity index (χ1) is 10.9. The molecule has 0 saturated carbocycles. The zero-order chi connectivity index (χ0) is 17.1. The number of ether oxygens (including phenoxy) is 1. The number of alkyl halides is 3.